The van der Waals surface area contributed by atoms with E-state index in [1.165, 1.54) is 5.56 Å². The molecule has 0 fully saturated rings. The molecule has 126 valence electrons. The summed E-state index contributed by atoms with van der Waals surface area (Å²) in [5, 5.41) is 7.53. The molecule has 0 aliphatic heterocycles. The fraction of sp³-hybridized carbons (Fsp3) is 0.412. The second-order valence-electron chi connectivity index (χ2n) is 5.75. The van der Waals surface area contributed by atoms with Crippen LogP contribution in [-0.4, -0.2) is 28.8 Å². The average molecular weight is 427 g/mol. The van der Waals surface area contributed by atoms with E-state index in [2.05, 4.69) is 29.3 Å². The van der Waals surface area contributed by atoms with Gasteiger partial charge in [-0.3, -0.25) is 4.99 Å². The molecule has 1 heterocycles. The number of benzene rings is 1. The van der Waals surface area contributed by atoms with E-state index in [4.69, 9.17) is 5.73 Å². The summed E-state index contributed by atoms with van der Waals surface area (Å²) in [4.78, 5) is 4.31. The van der Waals surface area contributed by atoms with Gasteiger partial charge in [0.1, 0.15) is 0 Å². The highest BCUT2D eigenvalue weighted by atomic mass is 127. The van der Waals surface area contributed by atoms with E-state index in [1.54, 1.807) is 0 Å². The van der Waals surface area contributed by atoms with Crippen LogP contribution in [0.4, 0.5) is 0 Å². The van der Waals surface area contributed by atoms with Gasteiger partial charge in [0, 0.05) is 19.3 Å². The smallest absolute Gasteiger partial charge is 0.188 e. The molecule has 0 saturated carbocycles. The van der Waals surface area contributed by atoms with Gasteiger partial charge in [-0.2, -0.15) is 5.10 Å². The molecule has 2 rings (SSSR count). The van der Waals surface area contributed by atoms with Gasteiger partial charge in [-0.05, 0) is 36.5 Å². The van der Waals surface area contributed by atoms with Crippen LogP contribution in [0.15, 0.2) is 47.7 Å². The van der Waals surface area contributed by atoms with Crippen molar-refractivity contribution < 1.29 is 0 Å². The summed E-state index contributed by atoms with van der Waals surface area (Å²) < 4.78 is 1.88. The number of para-hydroxylation sites is 1. The number of aromatic nitrogens is 2. The van der Waals surface area contributed by atoms with E-state index in [0.29, 0.717) is 11.9 Å². The first kappa shape index (κ1) is 19.5. The quantitative estimate of drug-likeness (QED) is 0.406. The Kier molecular flexibility index (Phi) is 8.68. The van der Waals surface area contributed by atoms with Crippen LogP contribution in [0.3, 0.4) is 0 Å². The average Bonchev–Trinajstić information content (AvgIpc) is 2.97. The first-order valence-electron chi connectivity index (χ1n) is 7.78. The molecule has 1 aromatic heterocycles. The third-order valence-corrected chi connectivity index (χ3v) is 3.37. The molecule has 6 heteroatoms. The Morgan fingerprint density at radius 3 is 2.74 bits per heavy atom. The largest absolute Gasteiger partial charge is 0.370 e. The maximum Gasteiger partial charge on any atom is 0.188 e. The van der Waals surface area contributed by atoms with Crippen LogP contribution in [0, 0.1) is 5.92 Å². The lowest BCUT2D eigenvalue weighted by Crippen LogP contribution is -2.33. The van der Waals surface area contributed by atoms with E-state index < -0.39 is 0 Å². The molecule has 2 aromatic rings. The maximum absolute atomic E-state index is 5.84. The van der Waals surface area contributed by atoms with Gasteiger partial charge in [0.2, 0.25) is 0 Å². The summed E-state index contributed by atoms with van der Waals surface area (Å²) in [6.45, 7) is 5.91. The summed E-state index contributed by atoms with van der Waals surface area (Å²) in [5.74, 6) is 1.18. The van der Waals surface area contributed by atoms with Crippen molar-refractivity contribution in [3.63, 3.8) is 0 Å². The zero-order valence-corrected chi connectivity index (χ0v) is 16.1. The van der Waals surface area contributed by atoms with Gasteiger partial charge in [0.15, 0.2) is 5.96 Å². The highest BCUT2D eigenvalue weighted by Crippen LogP contribution is 2.07. The van der Waals surface area contributed by atoms with Crippen LogP contribution in [0.2, 0.25) is 0 Å². The van der Waals surface area contributed by atoms with Crippen LogP contribution in [0.5, 0.6) is 0 Å². The van der Waals surface area contributed by atoms with Crippen molar-refractivity contribution in [2.24, 2.45) is 16.6 Å². The van der Waals surface area contributed by atoms with Crippen LogP contribution in [0.25, 0.3) is 5.69 Å². The Balaban J connectivity index is 0.00000264. The number of hydrogen-bond donors (Lipinski definition) is 2. The number of halogens is 1. The molecular weight excluding hydrogens is 401 g/mol. The molecule has 0 radical (unpaired) electrons. The maximum atomic E-state index is 5.84. The molecule has 0 saturated heterocycles. The van der Waals surface area contributed by atoms with E-state index in [9.17, 15) is 0 Å². The van der Waals surface area contributed by atoms with Crippen molar-refractivity contribution in [1.82, 2.24) is 15.1 Å². The topological polar surface area (TPSA) is 68.2 Å². The Hall–Kier alpha value is -1.57. The minimum atomic E-state index is 0. The van der Waals surface area contributed by atoms with Gasteiger partial charge in [-0.1, -0.05) is 32.0 Å². The standard InChI is InChI=1S/C17H25N5.HI/c1-14(2)8-10-19-17(18)20-11-9-15-12-21-22(13-15)16-6-4-3-5-7-16;/h3-7,12-14H,8-11H2,1-2H3,(H3,18,19,20);1H. The third-order valence-electron chi connectivity index (χ3n) is 3.37. The zero-order chi connectivity index (χ0) is 15.8. The van der Waals surface area contributed by atoms with E-state index in [0.717, 1.165) is 31.6 Å². The summed E-state index contributed by atoms with van der Waals surface area (Å²) in [5.41, 5.74) is 8.08. The van der Waals surface area contributed by atoms with E-state index >= 15 is 0 Å². The molecule has 3 N–H and O–H groups in total. The van der Waals surface area contributed by atoms with Crippen molar-refractivity contribution in [3.8, 4) is 5.69 Å². The van der Waals surface area contributed by atoms with Crippen molar-refractivity contribution in [1.29, 1.82) is 0 Å². The highest BCUT2D eigenvalue weighted by Gasteiger charge is 2.01. The van der Waals surface area contributed by atoms with Crippen molar-refractivity contribution in [2.45, 2.75) is 26.7 Å². The van der Waals surface area contributed by atoms with Gasteiger partial charge in [0.05, 0.1) is 11.9 Å². The molecule has 0 bridgehead atoms. The number of nitrogens with two attached hydrogens (primary N) is 1. The summed E-state index contributed by atoms with van der Waals surface area (Å²) in [6.07, 6.45) is 5.86. The van der Waals surface area contributed by atoms with Crippen molar-refractivity contribution in [2.75, 3.05) is 13.1 Å². The fourth-order valence-corrected chi connectivity index (χ4v) is 2.05. The number of aliphatic imine (C=N–C) groups is 1. The van der Waals surface area contributed by atoms with E-state index in [1.807, 2.05) is 47.4 Å². The predicted octanol–water partition coefficient (Wildman–Crippen LogP) is 2.98. The number of nitrogens with zero attached hydrogens (tertiary/aromatic N) is 3. The zero-order valence-electron chi connectivity index (χ0n) is 13.8. The number of guanidine groups is 1. The lowest BCUT2D eigenvalue weighted by Gasteiger charge is -2.05. The van der Waals surface area contributed by atoms with Crippen LogP contribution in [0.1, 0.15) is 25.8 Å². The van der Waals surface area contributed by atoms with Crippen molar-refractivity contribution >= 4 is 29.9 Å². The Bertz CT molecular complexity index is 592. The molecule has 0 aliphatic carbocycles. The number of nitrogens with one attached hydrogen (secondary N) is 1. The summed E-state index contributed by atoms with van der Waals surface area (Å²) in [7, 11) is 0. The van der Waals surface area contributed by atoms with Gasteiger partial charge in [-0.15, -0.1) is 24.0 Å². The van der Waals surface area contributed by atoms with Gasteiger partial charge < -0.3 is 11.1 Å². The normalized spacial score (nSPS) is 11.3. The Morgan fingerprint density at radius 2 is 2.04 bits per heavy atom. The SMILES string of the molecule is CC(C)CCN=C(N)NCCc1cnn(-c2ccccc2)c1.I. The van der Waals surface area contributed by atoms with Gasteiger partial charge >= 0.3 is 0 Å². The molecule has 0 atom stereocenters. The minimum absolute atomic E-state index is 0. The monoisotopic (exact) mass is 427 g/mol. The first-order chi connectivity index (χ1) is 10.6. The molecule has 0 unspecified atom stereocenters. The van der Waals surface area contributed by atoms with E-state index in [-0.39, 0.29) is 24.0 Å². The summed E-state index contributed by atoms with van der Waals surface area (Å²) >= 11 is 0. The molecule has 0 amide bonds. The Morgan fingerprint density at radius 1 is 1.30 bits per heavy atom. The van der Waals surface area contributed by atoms with Crippen LogP contribution in [-0.2, 0) is 6.42 Å². The molecule has 0 spiro atoms. The van der Waals surface area contributed by atoms with Crippen LogP contribution < -0.4 is 11.1 Å². The molecule has 0 aliphatic rings. The predicted molar refractivity (Wildman–Crippen MR) is 107 cm³/mol. The number of rotatable bonds is 7. The second kappa shape index (κ2) is 10.3. The number of hydrogen-bond acceptors (Lipinski definition) is 2. The van der Waals surface area contributed by atoms with Crippen LogP contribution >= 0.6 is 24.0 Å². The minimum Gasteiger partial charge on any atom is -0.370 e. The summed E-state index contributed by atoms with van der Waals surface area (Å²) in [6, 6.07) is 10.1. The fourth-order valence-electron chi connectivity index (χ4n) is 2.05. The first-order valence-corrected chi connectivity index (χ1v) is 7.78. The molecule has 5 nitrogen and oxygen atoms in total. The molecular formula is C17H26IN5. The molecule has 1 aromatic carbocycles. The molecule has 23 heavy (non-hydrogen) atoms. The highest BCUT2D eigenvalue weighted by molar-refractivity contribution is 14.0. The van der Waals surface area contributed by atoms with Crippen molar-refractivity contribution in [3.05, 3.63) is 48.3 Å². The van der Waals surface area contributed by atoms with Gasteiger partial charge in [-0.25, -0.2) is 4.68 Å². The lowest BCUT2D eigenvalue weighted by atomic mass is 10.1. The lowest BCUT2D eigenvalue weighted by molar-refractivity contribution is 0.595. The Labute approximate surface area is 155 Å². The second-order valence-corrected chi connectivity index (χ2v) is 5.75. The van der Waals surface area contributed by atoms with Gasteiger partial charge in [0.25, 0.3) is 0 Å². The third kappa shape index (κ3) is 7.02.